The molecule has 18 heavy (non-hydrogen) atoms. The van der Waals surface area contributed by atoms with E-state index in [1.165, 1.54) is 0 Å². The first kappa shape index (κ1) is 13.6. The number of carbonyl (C=O) groups is 1. The van der Waals surface area contributed by atoms with Gasteiger partial charge in [-0.15, -0.1) is 0 Å². The molecule has 1 N–H and O–H groups in total. The molecule has 98 valence electrons. The number of aliphatic hydroxyl groups excluding tert-OH is 1. The molecule has 1 fully saturated rings. The quantitative estimate of drug-likeness (QED) is 0.849. The van der Waals surface area contributed by atoms with Crippen molar-refractivity contribution in [3.63, 3.8) is 0 Å². The van der Waals surface area contributed by atoms with Gasteiger partial charge in [0.2, 0.25) is 0 Å². The Hall–Kier alpha value is -0.840. The number of carbonyl (C=O) groups excluding carboxylic acids is 1. The van der Waals surface area contributed by atoms with Crippen LogP contribution in [0.5, 0.6) is 0 Å². The minimum atomic E-state index is -0.124. The molecule has 1 aliphatic rings. The molecule has 0 bridgehead atoms. The number of piperidine rings is 1. The van der Waals surface area contributed by atoms with Crippen LogP contribution in [0.3, 0.4) is 0 Å². The first-order chi connectivity index (χ1) is 8.61. The van der Waals surface area contributed by atoms with Crippen molar-refractivity contribution in [1.29, 1.82) is 0 Å². The molecule has 0 radical (unpaired) electrons. The fraction of sp³-hybridized carbons (Fsp3) is 0.500. The minimum absolute atomic E-state index is 0.124. The van der Waals surface area contributed by atoms with E-state index in [1.807, 2.05) is 0 Å². The lowest BCUT2D eigenvalue weighted by molar-refractivity contribution is 0.0650. The van der Waals surface area contributed by atoms with Crippen LogP contribution in [0.4, 0.5) is 0 Å². The fourth-order valence-electron chi connectivity index (χ4n) is 2.06. The van der Waals surface area contributed by atoms with Crippen molar-refractivity contribution in [3.05, 3.63) is 28.0 Å². The van der Waals surface area contributed by atoms with E-state index in [0.29, 0.717) is 24.6 Å². The summed E-state index contributed by atoms with van der Waals surface area (Å²) in [5.41, 5.74) is 0.378. The van der Waals surface area contributed by atoms with Gasteiger partial charge in [0.15, 0.2) is 0 Å². The van der Waals surface area contributed by atoms with Crippen LogP contribution in [0.15, 0.2) is 12.1 Å². The summed E-state index contributed by atoms with van der Waals surface area (Å²) in [5, 5.41) is 9.47. The maximum absolute atomic E-state index is 12.2. The van der Waals surface area contributed by atoms with Crippen molar-refractivity contribution in [2.45, 2.75) is 12.8 Å². The van der Waals surface area contributed by atoms with Crippen molar-refractivity contribution < 1.29 is 9.90 Å². The van der Waals surface area contributed by atoms with Gasteiger partial charge in [0.25, 0.3) is 5.91 Å². The molecule has 1 aromatic rings. The summed E-state index contributed by atoms with van der Waals surface area (Å²) >= 11 is 11.6. The van der Waals surface area contributed by atoms with Gasteiger partial charge in [0.1, 0.15) is 10.3 Å². The Bertz CT molecular complexity index is 446. The van der Waals surface area contributed by atoms with Gasteiger partial charge >= 0.3 is 0 Å². The fourth-order valence-corrected chi connectivity index (χ4v) is 2.49. The zero-order valence-corrected chi connectivity index (χ0v) is 11.3. The second-order valence-corrected chi connectivity index (χ2v) is 5.14. The smallest absolute Gasteiger partial charge is 0.256 e. The number of rotatable bonds is 2. The molecule has 2 heterocycles. The second kappa shape index (κ2) is 5.87. The van der Waals surface area contributed by atoms with E-state index in [-0.39, 0.29) is 22.8 Å². The highest BCUT2D eigenvalue weighted by Crippen LogP contribution is 2.22. The number of nitrogens with zero attached hydrogens (tertiary/aromatic N) is 2. The molecule has 0 aliphatic carbocycles. The molecule has 0 spiro atoms. The van der Waals surface area contributed by atoms with E-state index in [4.69, 9.17) is 28.3 Å². The van der Waals surface area contributed by atoms with Gasteiger partial charge in [-0.2, -0.15) is 0 Å². The predicted molar refractivity (Wildman–Crippen MR) is 70.0 cm³/mol. The third-order valence-electron chi connectivity index (χ3n) is 3.21. The molecule has 1 aromatic heterocycles. The molecule has 1 aliphatic heterocycles. The average molecular weight is 289 g/mol. The first-order valence-electron chi connectivity index (χ1n) is 5.84. The summed E-state index contributed by atoms with van der Waals surface area (Å²) in [4.78, 5) is 17.8. The summed E-state index contributed by atoms with van der Waals surface area (Å²) in [6.07, 6.45) is 1.64. The minimum Gasteiger partial charge on any atom is -0.396 e. The van der Waals surface area contributed by atoms with Crippen molar-refractivity contribution in [3.8, 4) is 0 Å². The Morgan fingerprint density at radius 3 is 2.61 bits per heavy atom. The molecule has 0 saturated carbocycles. The number of pyridine rings is 1. The third-order valence-corrected chi connectivity index (χ3v) is 3.70. The third kappa shape index (κ3) is 2.94. The van der Waals surface area contributed by atoms with Crippen LogP contribution < -0.4 is 0 Å². The Labute approximate surface area is 116 Å². The van der Waals surface area contributed by atoms with Crippen molar-refractivity contribution in [2.24, 2.45) is 5.92 Å². The number of hydrogen-bond acceptors (Lipinski definition) is 3. The van der Waals surface area contributed by atoms with Crippen molar-refractivity contribution >= 4 is 29.1 Å². The van der Waals surface area contributed by atoms with Crippen LogP contribution in [-0.2, 0) is 0 Å². The normalized spacial score (nSPS) is 16.9. The van der Waals surface area contributed by atoms with Crippen LogP contribution in [-0.4, -0.2) is 40.6 Å². The Balaban J connectivity index is 2.08. The number of aromatic nitrogens is 1. The van der Waals surface area contributed by atoms with Gasteiger partial charge in [0, 0.05) is 19.7 Å². The highest BCUT2D eigenvalue weighted by molar-refractivity contribution is 6.34. The molecule has 0 aromatic carbocycles. The highest BCUT2D eigenvalue weighted by Gasteiger charge is 2.24. The monoisotopic (exact) mass is 288 g/mol. The maximum atomic E-state index is 12.2. The van der Waals surface area contributed by atoms with Gasteiger partial charge in [-0.25, -0.2) is 4.98 Å². The Kier molecular flexibility index (Phi) is 4.43. The topological polar surface area (TPSA) is 53.4 Å². The van der Waals surface area contributed by atoms with E-state index >= 15 is 0 Å². The van der Waals surface area contributed by atoms with E-state index in [0.717, 1.165) is 12.8 Å². The Morgan fingerprint density at radius 2 is 2.06 bits per heavy atom. The van der Waals surface area contributed by atoms with E-state index < -0.39 is 0 Å². The number of halogens is 2. The highest BCUT2D eigenvalue weighted by atomic mass is 35.5. The lowest BCUT2D eigenvalue weighted by Crippen LogP contribution is -2.39. The number of amides is 1. The van der Waals surface area contributed by atoms with Gasteiger partial charge in [0.05, 0.1) is 5.56 Å². The molecule has 6 heteroatoms. The van der Waals surface area contributed by atoms with Crippen LogP contribution in [0.2, 0.25) is 10.3 Å². The standard InChI is InChI=1S/C12H14Cl2N2O2/c13-10-2-1-9(11(14)15-10)12(18)16-5-3-8(7-17)4-6-16/h1-2,8,17H,3-7H2. The average Bonchev–Trinajstić information content (AvgIpc) is 2.38. The number of aliphatic hydroxyl groups is 1. The predicted octanol–water partition coefficient (Wildman–Crippen LogP) is 2.23. The van der Waals surface area contributed by atoms with Crippen molar-refractivity contribution in [2.75, 3.05) is 19.7 Å². The molecule has 2 rings (SSSR count). The summed E-state index contributed by atoms with van der Waals surface area (Å²) < 4.78 is 0. The number of likely N-dealkylation sites (tertiary alicyclic amines) is 1. The number of hydrogen-bond donors (Lipinski definition) is 1. The molecular weight excluding hydrogens is 275 g/mol. The van der Waals surface area contributed by atoms with Gasteiger partial charge in [-0.1, -0.05) is 23.2 Å². The lowest BCUT2D eigenvalue weighted by Gasteiger charge is -2.31. The van der Waals surface area contributed by atoms with Gasteiger partial charge in [-0.3, -0.25) is 4.79 Å². The second-order valence-electron chi connectivity index (χ2n) is 4.39. The molecule has 0 atom stereocenters. The van der Waals surface area contributed by atoms with Crippen LogP contribution >= 0.6 is 23.2 Å². The molecule has 1 amide bonds. The van der Waals surface area contributed by atoms with Crippen LogP contribution in [0.25, 0.3) is 0 Å². The van der Waals surface area contributed by atoms with Gasteiger partial charge in [-0.05, 0) is 30.9 Å². The van der Waals surface area contributed by atoms with Crippen LogP contribution in [0.1, 0.15) is 23.2 Å². The lowest BCUT2D eigenvalue weighted by atomic mass is 9.97. The SMILES string of the molecule is O=C(c1ccc(Cl)nc1Cl)N1CCC(CO)CC1. The van der Waals surface area contributed by atoms with Crippen molar-refractivity contribution in [1.82, 2.24) is 9.88 Å². The first-order valence-corrected chi connectivity index (χ1v) is 6.59. The molecule has 1 saturated heterocycles. The molecular formula is C12H14Cl2N2O2. The molecule has 0 unspecified atom stereocenters. The summed E-state index contributed by atoms with van der Waals surface area (Å²) in [7, 11) is 0. The zero-order chi connectivity index (χ0) is 13.1. The summed E-state index contributed by atoms with van der Waals surface area (Å²) in [6.45, 7) is 1.47. The van der Waals surface area contributed by atoms with E-state index in [2.05, 4.69) is 4.98 Å². The van der Waals surface area contributed by atoms with E-state index in [9.17, 15) is 4.79 Å². The Morgan fingerprint density at radius 1 is 1.39 bits per heavy atom. The van der Waals surface area contributed by atoms with Crippen LogP contribution in [0, 0.1) is 5.92 Å². The zero-order valence-electron chi connectivity index (χ0n) is 9.77. The maximum Gasteiger partial charge on any atom is 0.256 e. The summed E-state index contributed by atoms with van der Waals surface area (Å²) in [6, 6.07) is 3.15. The van der Waals surface area contributed by atoms with E-state index in [1.54, 1.807) is 17.0 Å². The largest absolute Gasteiger partial charge is 0.396 e. The summed E-state index contributed by atoms with van der Waals surface area (Å²) in [5.74, 6) is 0.174. The molecule has 4 nitrogen and oxygen atoms in total. The van der Waals surface area contributed by atoms with Gasteiger partial charge < -0.3 is 10.0 Å².